The van der Waals surface area contributed by atoms with Crippen LogP contribution < -0.4 is 0 Å². The van der Waals surface area contributed by atoms with E-state index in [-0.39, 0.29) is 17.5 Å². The van der Waals surface area contributed by atoms with Gasteiger partial charge in [0.2, 0.25) is 18.0 Å². The van der Waals surface area contributed by atoms with E-state index >= 15 is 0 Å². The predicted molar refractivity (Wildman–Crippen MR) is 82.4 cm³/mol. The molecule has 0 saturated carbocycles. The topological polar surface area (TPSA) is 85.0 Å². The molecule has 24 heavy (non-hydrogen) atoms. The second kappa shape index (κ2) is 6.07. The third-order valence-electron chi connectivity index (χ3n) is 3.45. The van der Waals surface area contributed by atoms with Crippen LogP contribution in [0.2, 0.25) is 0 Å². The molecule has 0 saturated heterocycles. The van der Waals surface area contributed by atoms with E-state index in [0.717, 1.165) is 5.01 Å². The minimum absolute atomic E-state index is 0.0641. The van der Waals surface area contributed by atoms with Crippen molar-refractivity contribution in [2.24, 2.45) is 5.10 Å². The summed E-state index contributed by atoms with van der Waals surface area (Å²) in [5.74, 6) is -0.572. The number of hydrazone groups is 1. The van der Waals surface area contributed by atoms with E-state index < -0.39 is 17.0 Å². The average molecular weight is 329 g/mol. The Morgan fingerprint density at radius 2 is 1.83 bits per heavy atom. The molecular formula is C16H12FN3O4. The highest BCUT2D eigenvalue weighted by atomic mass is 19.1. The molecule has 1 unspecified atom stereocenters. The molecule has 1 aliphatic rings. The maximum Gasteiger partial charge on any atom is 0.269 e. The van der Waals surface area contributed by atoms with Crippen molar-refractivity contribution in [1.29, 1.82) is 0 Å². The van der Waals surface area contributed by atoms with Gasteiger partial charge in [0, 0.05) is 30.2 Å². The van der Waals surface area contributed by atoms with Crippen molar-refractivity contribution >= 4 is 17.5 Å². The van der Waals surface area contributed by atoms with Gasteiger partial charge < -0.3 is 4.74 Å². The maximum atomic E-state index is 13.0. The van der Waals surface area contributed by atoms with Crippen molar-refractivity contribution in [1.82, 2.24) is 5.01 Å². The lowest BCUT2D eigenvalue weighted by atomic mass is 10.1. The van der Waals surface area contributed by atoms with Gasteiger partial charge in [-0.2, -0.15) is 5.01 Å². The highest BCUT2D eigenvalue weighted by molar-refractivity contribution is 5.96. The Hall–Kier alpha value is -3.29. The number of hydrogen-bond donors (Lipinski definition) is 0. The summed E-state index contributed by atoms with van der Waals surface area (Å²) in [4.78, 5) is 22.0. The first-order valence-electron chi connectivity index (χ1n) is 7.01. The SMILES string of the molecule is CC(=O)N1N=C(c2ccc(F)cc2)OC1c1ccc([N+](=O)[O-])cc1. The van der Waals surface area contributed by atoms with Gasteiger partial charge in [0.1, 0.15) is 5.82 Å². The molecule has 0 bridgehead atoms. The van der Waals surface area contributed by atoms with E-state index in [0.29, 0.717) is 11.1 Å². The van der Waals surface area contributed by atoms with Crippen molar-refractivity contribution in [2.75, 3.05) is 0 Å². The number of nitro benzene ring substituents is 1. The number of rotatable bonds is 3. The zero-order chi connectivity index (χ0) is 17.3. The fraction of sp³-hybridized carbons (Fsp3) is 0.125. The van der Waals surface area contributed by atoms with Gasteiger partial charge in [-0.05, 0) is 36.4 Å². The van der Waals surface area contributed by atoms with E-state index in [1.165, 1.54) is 55.5 Å². The number of halogens is 1. The van der Waals surface area contributed by atoms with Crippen LogP contribution >= 0.6 is 0 Å². The van der Waals surface area contributed by atoms with E-state index in [1.54, 1.807) is 0 Å². The van der Waals surface area contributed by atoms with Crippen LogP contribution in [0.15, 0.2) is 53.6 Å². The molecule has 0 fully saturated rings. The van der Waals surface area contributed by atoms with Crippen molar-refractivity contribution in [3.05, 3.63) is 75.6 Å². The number of hydrogen-bond acceptors (Lipinski definition) is 5. The van der Waals surface area contributed by atoms with E-state index in [2.05, 4.69) is 5.10 Å². The summed E-state index contributed by atoms with van der Waals surface area (Å²) < 4.78 is 18.7. The molecule has 0 radical (unpaired) electrons. The van der Waals surface area contributed by atoms with Crippen LogP contribution in [0.4, 0.5) is 10.1 Å². The second-order valence-electron chi connectivity index (χ2n) is 5.09. The molecule has 2 aromatic rings. The summed E-state index contributed by atoms with van der Waals surface area (Å²) in [6, 6.07) is 11.2. The lowest BCUT2D eigenvalue weighted by Gasteiger charge is -2.19. The van der Waals surface area contributed by atoms with Crippen molar-refractivity contribution in [3.63, 3.8) is 0 Å². The molecule has 122 valence electrons. The first kappa shape index (κ1) is 15.6. The number of carbonyl (C=O) groups excluding carboxylic acids is 1. The van der Waals surface area contributed by atoms with Gasteiger partial charge in [-0.15, -0.1) is 5.10 Å². The van der Waals surface area contributed by atoms with E-state index in [4.69, 9.17) is 4.74 Å². The van der Waals surface area contributed by atoms with Crippen LogP contribution in [0.3, 0.4) is 0 Å². The standard InChI is InChI=1S/C16H12FN3O4/c1-10(21)19-16(12-4-8-14(9-5-12)20(22)23)24-15(18-19)11-2-6-13(17)7-3-11/h2-9,16H,1H3. The van der Waals surface area contributed by atoms with Crippen LogP contribution in [0.1, 0.15) is 24.3 Å². The Morgan fingerprint density at radius 1 is 1.21 bits per heavy atom. The number of nitro groups is 1. The molecule has 0 N–H and O–H groups in total. The Labute approximate surface area is 136 Å². The predicted octanol–water partition coefficient (Wildman–Crippen LogP) is 2.97. The highest BCUT2D eigenvalue weighted by Gasteiger charge is 2.33. The Bertz CT molecular complexity index is 818. The monoisotopic (exact) mass is 329 g/mol. The second-order valence-corrected chi connectivity index (χ2v) is 5.09. The third-order valence-corrected chi connectivity index (χ3v) is 3.45. The molecule has 1 aliphatic heterocycles. The number of ether oxygens (including phenoxy) is 1. The molecule has 7 nitrogen and oxygen atoms in total. The molecule has 1 atom stereocenters. The molecular weight excluding hydrogens is 317 g/mol. The van der Waals surface area contributed by atoms with Gasteiger partial charge in [-0.25, -0.2) is 4.39 Å². The average Bonchev–Trinajstić information content (AvgIpc) is 3.01. The van der Waals surface area contributed by atoms with Crippen LogP contribution in [0.25, 0.3) is 0 Å². The lowest BCUT2D eigenvalue weighted by molar-refractivity contribution is -0.384. The van der Waals surface area contributed by atoms with Crippen molar-refractivity contribution < 1.29 is 18.8 Å². The minimum Gasteiger partial charge on any atom is -0.446 e. The van der Waals surface area contributed by atoms with Gasteiger partial charge in [0.05, 0.1) is 4.92 Å². The summed E-state index contributed by atoms with van der Waals surface area (Å²) in [6.45, 7) is 1.33. The first-order valence-corrected chi connectivity index (χ1v) is 7.01. The third kappa shape index (κ3) is 2.94. The van der Waals surface area contributed by atoms with Gasteiger partial charge in [0.25, 0.3) is 5.69 Å². The molecule has 2 aromatic carbocycles. The smallest absolute Gasteiger partial charge is 0.269 e. The van der Waals surface area contributed by atoms with E-state index in [9.17, 15) is 19.3 Å². The van der Waals surface area contributed by atoms with Crippen LogP contribution in [-0.4, -0.2) is 21.7 Å². The molecule has 0 aromatic heterocycles. The molecule has 0 aliphatic carbocycles. The molecule has 0 spiro atoms. The first-order chi connectivity index (χ1) is 11.5. The molecule has 1 heterocycles. The summed E-state index contributed by atoms with van der Waals surface area (Å²) in [5.41, 5.74) is 0.995. The largest absolute Gasteiger partial charge is 0.446 e. The highest BCUT2D eigenvalue weighted by Crippen LogP contribution is 2.31. The Kier molecular flexibility index (Phi) is 3.95. The maximum absolute atomic E-state index is 13.0. The van der Waals surface area contributed by atoms with Crippen molar-refractivity contribution in [3.8, 4) is 0 Å². The minimum atomic E-state index is -0.830. The quantitative estimate of drug-likeness (QED) is 0.640. The summed E-state index contributed by atoms with van der Waals surface area (Å²) >= 11 is 0. The van der Waals surface area contributed by atoms with E-state index in [1.807, 2.05) is 0 Å². The molecule has 3 rings (SSSR count). The zero-order valence-corrected chi connectivity index (χ0v) is 12.5. The Balaban J connectivity index is 1.90. The van der Waals surface area contributed by atoms with Crippen LogP contribution in [0.5, 0.6) is 0 Å². The zero-order valence-electron chi connectivity index (χ0n) is 12.5. The number of amides is 1. The van der Waals surface area contributed by atoms with Gasteiger partial charge in [-0.3, -0.25) is 14.9 Å². The van der Waals surface area contributed by atoms with Crippen LogP contribution in [0, 0.1) is 15.9 Å². The van der Waals surface area contributed by atoms with Crippen LogP contribution in [-0.2, 0) is 9.53 Å². The van der Waals surface area contributed by atoms with Gasteiger partial charge in [0.15, 0.2) is 0 Å². The summed E-state index contributed by atoms with van der Waals surface area (Å²) in [7, 11) is 0. The summed E-state index contributed by atoms with van der Waals surface area (Å²) in [5, 5.41) is 16.0. The Morgan fingerprint density at radius 3 is 2.38 bits per heavy atom. The normalized spacial score (nSPS) is 16.5. The number of benzene rings is 2. The molecule has 8 heteroatoms. The molecule has 1 amide bonds. The number of non-ortho nitro benzene ring substituents is 1. The lowest BCUT2D eigenvalue weighted by Crippen LogP contribution is -2.25. The number of carbonyl (C=O) groups is 1. The van der Waals surface area contributed by atoms with Crippen molar-refractivity contribution in [2.45, 2.75) is 13.2 Å². The fourth-order valence-electron chi connectivity index (χ4n) is 2.25. The van der Waals surface area contributed by atoms with Gasteiger partial charge >= 0.3 is 0 Å². The van der Waals surface area contributed by atoms with Gasteiger partial charge in [-0.1, -0.05) is 0 Å². The number of nitrogens with zero attached hydrogens (tertiary/aromatic N) is 3. The summed E-state index contributed by atoms with van der Waals surface area (Å²) in [6.07, 6.45) is -0.830. The fourth-order valence-corrected chi connectivity index (χ4v) is 2.25.